The Kier molecular flexibility index (Phi) is 8.23. The molecule has 1 aromatic heterocycles. The van der Waals surface area contributed by atoms with Crippen LogP contribution in [0.5, 0.6) is 0 Å². The summed E-state index contributed by atoms with van der Waals surface area (Å²) in [5.41, 5.74) is 20.0. The first-order chi connectivity index (χ1) is 33.3. The number of hydrogen-bond acceptors (Lipinski definition) is 2. The summed E-state index contributed by atoms with van der Waals surface area (Å²) in [6, 6.07) is 90.9. The highest BCUT2D eigenvalue weighted by Crippen LogP contribution is 2.63. The summed E-state index contributed by atoms with van der Waals surface area (Å²) in [6.07, 6.45) is 0. The Morgan fingerprint density at radius 3 is 1.43 bits per heavy atom. The predicted molar refractivity (Wildman–Crippen MR) is 279 cm³/mol. The molecular formula is C65H41NO. The van der Waals surface area contributed by atoms with Gasteiger partial charge in [-0.2, -0.15) is 0 Å². The minimum absolute atomic E-state index is 0.422. The van der Waals surface area contributed by atoms with Crippen molar-refractivity contribution >= 4 is 49.6 Å². The van der Waals surface area contributed by atoms with Crippen molar-refractivity contribution in [2.45, 2.75) is 5.41 Å². The summed E-state index contributed by atoms with van der Waals surface area (Å²) in [7, 11) is 0. The molecule has 0 saturated carbocycles. The van der Waals surface area contributed by atoms with Gasteiger partial charge in [0.05, 0.1) is 5.41 Å². The summed E-state index contributed by atoms with van der Waals surface area (Å²) in [4.78, 5) is 2.41. The van der Waals surface area contributed by atoms with Crippen molar-refractivity contribution in [1.82, 2.24) is 0 Å². The van der Waals surface area contributed by atoms with Crippen LogP contribution < -0.4 is 4.90 Å². The summed E-state index contributed by atoms with van der Waals surface area (Å²) >= 11 is 0. The van der Waals surface area contributed by atoms with Gasteiger partial charge in [-0.25, -0.2) is 0 Å². The molecule has 0 atom stereocenters. The maximum Gasteiger partial charge on any atom is 0.143 e. The summed E-state index contributed by atoms with van der Waals surface area (Å²) in [5, 5.41) is 5.82. The maximum atomic E-state index is 7.04. The Hall–Kier alpha value is -8.72. The van der Waals surface area contributed by atoms with Gasteiger partial charge in [-0.3, -0.25) is 0 Å². The van der Waals surface area contributed by atoms with Crippen LogP contribution in [0.25, 0.3) is 88.3 Å². The van der Waals surface area contributed by atoms with Gasteiger partial charge in [0.1, 0.15) is 11.3 Å². The smallest absolute Gasteiger partial charge is 0.143 e. The van der Waals surface area contributed by atoms with Gasteiger partial charge in [0, 0.05) is 39.0 Å². The standard InChI is InChI=1S/C65H41NO/c1-4-18-43(19-5-1)61-62-54-28-11-10-24-49(54)56-40-45(34-38-55(56)64(62)67-63(61)44-20-6-2-7-21-44)42-32-35-47(36-33-42)66(46-22-8-3-9-23-46)48-37-39-53-52-27-14-17-31-59(52)65(60(53)41-48)57-29-15-12-25-50(57)51-26-13-16-30-58(51)65/h1-41H. The van der Waals surface area contributed by atoms with Gasteiger partial charge < -0.3 is 9.32 Å². The molecule has 312 valence electrons. The zero-order valence-corrected chi connectivity index (χ0v) is 36.5. The van der Waals surface area contributed by atoms with Crippen molar-refractivity contribution in [3.8, 4) is 55.8 Å². The molecule has 1 spiro atoms. The molecule has 2 heteroatoms. The second kappa shape index (κ2) is 14.7. The number of fused-ring (bicyclic) bond motifs is 16. The van der Waals surface area contributed by atoms with E-state index in [-0.39, 0.29) is 0 Å². The Morgan fingerprint density at radius 1 is 0.299 bits per heavy atom. The Morgan fingerprint density at radius 2 is 0.791 bits per heavy atom. The van der Waals surface area contributed by atoms with E-state index < -0.39 is 5.41 Å². The summed E-state index contributed by atoms with van der Waals surface area (Å²) in [5.74, 6) is 0.892. The van der Waals surface area contributed by atoms with Crippen LogP contribution in [-0.2, 0) is 5.41 Å². The van der Waals surface area contributed by atoms with Crippen molar-refractivity contribution in [3.63, 3.8) is 0 Å². The molecular weight excluding hydrogens is 811 g/mol. The highest BCUT2D eigenvalue weighted by Gasteiger charge is 2.51. The monoisotopic (exact) mass is 851 g/mol. The van der Waals surface area contributed by atoms with Gasteiger partial charge in [-0.15, -0.1) is 0 Å². The molecule has 67 heavy (non-hydrogen) atoms. The Bertz CT molecular complexity index is 3840. The van der Waals surface area contributed by atoms with Crippen LogP contribution in [0.1, 0.15) is 22.3 Å². The van der Waals surface area contributed by atoms with E-state index in [9.17, 15) is 0 Å². The molecule has 0 radical (unpaired) electrons. The predicted octanol–water partition coefficient (Wildman–Crippen LogP) is 17.6. The lowest BCUT2D eigenvalue weighted by Gasteiger charge is -2.32. The van der Waals surface area contributed by atoms with E-state index in [1.807, 2.05) is 0 Å². The van der Waals surface area contributed by atoms with Crippen LogP contribution in [0.15, 0.2) is 253 Å². The molecule has 1 heterocycles. The van der Waals surface area contributed by atoms with E-state index in [1.165, 1.54) is 60.7 Å². The molecule has 0 aliphatic heterocycles. The van der Waals surface area contributed by atoms with Crippen molar-refractivity contribution in [2.24, 2.45) is 0 Å². The van der Waals surface area contributed by atoms with E-state index in [0.29, 0.717) is 0 Å². The second-order valence-corrected chi connectivity index (χ2v) is 17.9. The highest BCUT2D eigenvalue weighted by atomic mass is 16.3. The minimum Gasteiger partial charge on any atom is -0.455 e. The molecule has 0 saturated heterocycles. The van der Waals surface area contributed by atoms with Gasteiger partial charge in [0.2, 0.25) is 0 Å². The van der Waals surface area contributed by atoms with Crippen LogP contribution >= 0.6 is 0 Å². The number of nitrogens with zero attached hydrogens (tertiary/aromatic N) is 1. The molecule has 14 rings (SSSR count). The number of hydrogen-bond donors (Lipinski definition) is 0. The first-order valence-electron chi connectivity index (χ1n) is 23.2. The average Bonchev–Trinajstić information content (AvgIpc) is 4.05. The van der Waals surface area contributed by atoms with Crippen molar-refractivity contribution in [2.75, 3.05) is 4.90 Å². The molecule has 0 fully saturated rings. The molecule has 2 nitrogen and oxygen atoms in total. The molecule has 0 amide bonds. The number of anilines is 3. The highest BCUT2D eigenvalue weighted by molar-refractivity contribution is 6.29. The van der Waals surface area contributed by atoms with Crippen LogP contribution in [0.4, 0.5) is 17.1 Å². The van der Waals surface area contributed by atoms with Crippen molar-refractivity contribution in [1.29, 1.82) is 0 Å². The lowest BCUT2D eigenvalue weighted by molar-refractivity contribution is 0.636. The van der Waals surface area contributed by atoms with Crippen molar-refractivity contribution in [3.05, 3.63) is 271 Å². The number of benzene rings is 11. The normalized spacial score (nSPS) is 12.9. The molecule has 11 aromatic carbocycles. The van der Waals surface area contributed by atoms with Crippen LogP contribution in [-0.4, -0.2) is 0 Å². The number of para-hydroxylation sites is 1. The number of furan rings is 1. The third kappa shape index (κ3) is 5.45. The summed E-state index contributed by atoms with van der Waals surface area (Å²) < 4.78 is 7.04. The quantitative estimate of drug-likeness (QED) is 0.155. The summed E-state index contributed by atoms with van der Waals surface area (Å²) in [6.45, 7) is 0. The van der Waals surface area contributed by atoms with Crippen LogP contribution in [0.2, 0.25) is 0 Å². The van der Waals surface area contributed by atoms with E-state index in [1.54, 1.807) is 0 Å². The molecule has 0 N–H and O–H groups in total. The van der Waals surface area contributed by atoms with Crippen LogP contribution in [0.3, 0.4) is 0 Å². The first kappa shape index (κ1) is 37.6. The fourth-order valence-corrected chi connectivity index (χ4v) is 11.7. The zero-order valence-electron chi connectivity index (χ0n) is 36.5. The third-order valence-electron chi connectivity index (χ3n) is 14.5. The Balaban J connectivity index is 0.913. The molecule has 0 bridgehead atoms. The first-order valence-corrected chi connectivity index (χ1v) is 23.2. The van der Waals surface area contributed by atoms with Gasteiger partial charge in [0.25, 0.3) is 0 Å². The maximum absolute atomic E-state index is 7.04. The fourth-order valence-electron chi connectivity index (χ4n) is 11.7. The van der Waals surface area contributed by atoms with Gasteiger partial charge in [-0.05, 0) is 126 Å². The van der Waals surface area contributed by atoms with E-state index >= 15 is 0 Å². The largest absolute Gasteiger partial charge is 0.455 e. The van der Waals surface area contributed by atoms with Gasteiger partial charge >= 0.3 is 0 Å². The zero-order chi connectivity index (χ0) is 44.1. The lowest BCUT2D eigenvalue weighted by atomic mass is 9.70. The van der Waals surface area contributed by atoms with E-state index in [4.69, 9.17) is 4.42 Å². The number of rotatable bonds is 6. The third-order valence-corrected chi connectivity index (χ3v) is 14.5. The second-order valence-electron chi connectivity index (χ2n) is 17.9. The molecule has 2 aliphatic rings. The topological polar surface area (TPSA) is 16.4 Å². The molecule has 0 unspecified atom stereocenters. The molecule has 2 aliphatic carbocycles. The van der Waals surface area contributed by atoms with Gasteiger partial charge in [-0.1, -0.05) is 200 Å². The van der Waals surface area contributed by atoms with Crippen LogP contribution in [0, 0.1) is 0 Å². The molecule has 12 aromatic rings. The van der Waals surface area contributed by atoms with Crippen molar-refractivity contribution < 1.29 is 4.42 Å². The SMILES string of the molecule is c1ccc(-c2oc3c4ccc(-c5ccc(N(c6ccccc6)c6ccc7c(c6)C6(c8ccccc8-c8ccccc86)c6ccccc6-7)cc5)cc4c4ccccc4c3c2-c2ccccc2)cc1. The lowest BCUT2D eigenvalue weighted by Crippen LogP contribution is -2.26. The Labute approximate surface area is 389 Å². The van der Waals surface area contributed by atoms with Gasteiger partial charge in [0.15, 0.2) is 0 Å². The minimum atomic E-state index is -0.422. The fraction of sp³-hybridized carbons (Fsp3) is 0.0154. The van der Waals surface area contributed by atoms with E-state index in [2.05, 4.69) is 254 Å². The average molecular weight is 852 g/mol. The van der Waals surface area contributed by atoms with E-state index in [0.717, 1.165) is 67.0 Å².